The van der Waals surface area contributed by atoms with Gasteiger partial charge in [0.25, 0.3) is 0 Å². The molecule has 2 heterocycles. The second-order valence-electron chi connectivity index (χ2n) is 3.84. The Bertz CT molecular complexity index is 505. The molecule has 0 aliphatic rings. The molecule has 0 radical (unpaired) electrons. The number of carbonyl (C=O) groups excluding carboxylic acids is 1. The van der Waals surface area contributed by atoms with Gasteiger partial charge in [-0.05, 0) is 26.0 Å². The van der Waals surface area contributed by atoms with E-state index in [0.717, 1.165) is 0 Å². The smallest absolute Gasteiger partial charge is 0.346 e. The van der Waals surface area contributed by atoms with E-state index >= 15 is 0 Å². The number of esters is 1. The Labute approximate surface area is 99.1 Å². The van der Waals surface area contributed by atoms with E-state index in [4.69, 9.17) is 4.74 Å². The van der Waals surface area contributed by atoms with Crippen LogP contribution in [0.2, 0.25) is 0 Å². The van der Waals surface area contributed by atoms with Crippen molar-refractivity contribution in [3.63, 3.8) is 0 Å². The fraction of sp³-hybridized carbons (Fsp3) is 0.250. The molecule has 0 amide bonds. The van der Waals surface area contributed by atoms with E-state index in [0.29, 0.717) is 11.4 Å². The van der Waals surface area contributed by atoms with Crippen molar-refractivity contribution in [3.05, 3.63) is 42.4 Å². The number of nitrogens with zero attached hydrogens (tertiary/aromatic N) is 3. The summed E-state index contributed by atoms with van der Waals surface area (Å²) < 4.78 is 6.90. The molecule has 0 spiro atoms. The van der Waals surface area contributed by atoms with Crippen LogP contribution in [0.4, 0.5) is 0 Å². The predicted octanol–water partition coefficient (Wildman–Crippen LogP) is 2.08. The van der Waals surface area contributed by atoms with Crippen molar-refractivity contribution < 1.29 is 9.53 Å². The highest BCUT2D eigenvalue weighted by atomic mass is 16.5. The van der Waals surface area contributed by atoms with E-state index in [1.165, 1.54) is 6.20 Å². The minimum Gasteiger partial charge on any atom is -0.404 e. The summed E-state index contributed by atoms with van der Waals surface area (Å²) in [5.41, 5.74) is 0.420. The van der Waals surface area contributed by atoms with Gasteiger partial charge in [-0.3, -0.25) is 4.98 Å². The van der Waals surface area contributed by atoms with Crippen molar-refractivity contribution in [2.24, 2.45) is 0 Å². The fourth-order valence-corrected chi connectivity index (χ4v) is 1.41. The van der Waals surface area contributed by atoms with Crippen molar-refractivity contribution in [2.75, 3.05) is 0 Å². The van der Waals surface area contributed by atoms with Crippen LogP contribution in [0.15, 0.2) is 36.8 Å². The van der Waals surface area contributed by atoms with Gasteiger partial charge < -0.3 is 4.74 Å². The molecule has 0 N–H and O–H groups in total. The molecule has 0 unspecified atom stereocenters. The second-order valence-corrected chi connectivity index (χ2v) is 3.84. The van der Waals surface area contributed by atoms with Gasteiger partial charge in [-0.15, -0.1) is 0 Å². The maximum absolute atomic E-state index is 11.8. The Hall–Kier alpha value is -2.17. The number of hydrogen-bond acceptors (Lipinski definition) is 4. The largest absolute Gasteiger partial charge is 0.404 e. The van der Waals surface area contributed by atoms with Gasteiger partial charge in [-0.1, -0.05) is 0 Å². The van der Waals surface area contributed by atoms with Gasteiger partial charge in [0.15, 0.2) is 0 Å². The van der Waals surface area contributed by atoms with Gasteiger partial charge in [0.2, 0.25) is 5.88 Å². The maximum Gasteiger partial charge on any atom is 0.346 e. The number of pyridine rings is 1. The van der Waals surface area contributed by atoms with Crippen LogP contribution in [-0.2, 0) is 0 Å². The minimum atomic E-state index is -0.430. The number of aromatic nitrogens is 3. The summed E-state index contributed by atoms with van der Waals surface area (Å²) in [7, 11) is 0. The van der Waals surface area contributed by atoms with Crippen LogP contribution < -0.4 is 4.74 Å². The number of rotatable bonds is 3. The Balaban J connectivity index is 2.16. The molecule has 2 aromatic heterocycles. The molecule has 2 aromatic rings. The summed E-state index contributed by atoms with van der Waals surface area (Å²) in [4.78, 5) is 15.7. The summed E-state index contributed by atoms with van der Waals surface area (Å²) in [6.07, 6.45) is 4.68. The molecule has 0 saturated heterocycles. The Morgan fingerprint density at radius 1 is 1.35 bits per heavy atom. The first-order valence-electron chi connectivity index (χ1n) is 5.34. The molecule has 0 atom stereocenters. The van der Waals surface area contributed by atoms with Gasteiger partial charge in [-0.2, -0.15) is 5.10 Å². The number of hydrogen-bond donors (Lipinski definition) is 0. The van der Waals surface area contributed by atoms with Crippen LogP contribution in [0.25, 0.3) is 0 Å². The van der Waals surface area contributed by atoms with E-state index in [-0.39, 0.29) is 6.04 Å². The normalized spacial score (nSPS) is 10.5. The Kier molecular flexibility index (Phi) is 3.18. The molecule has 5 nitrogen and oxygen atoms in total. The van der Waals surface area contributed by atoms with E-state index in [1.54, 1.807) is 35.3 Å². The molecule has 0 fully saturated rings. The average Bonchev–Trinajstić information content (AvgIpc) is 2.78. The topological polar surface area (TPSA) is 57.0 Å². The first-order chi connectivity index (χ1) is 8.18. The van der Waals surface area contributed by atoms with Crippen molar-refractivity contribution in [2.45, 2.75) is 19.9 Å². The lowest BCUT2D eigenvalue weighted by Crippen LogP contribution is -2.13. The SMILES string of the molecule is CC(C)n1nccc1OC(=O)c1cccnc1. The van der Waals surface area contributed by atoms with E-state index in [2.05, 4.69) is 10.1 Å². The third-order valence-corrected chi connectivity index (χ3v) is 2.22. The van der Waals surface area contributed by atoms with Gasteiger partial charge in [0.1, 0.15) is 0 Å². The van der Waals surface area contributed by atoms with Crippen molar-refractivity contribution in [1.82, 2.24) is 14.8 Å². The first-order valence-corrected chi connectivity index (χ1v) is 5.34. The minimum absolute atomic E-state index is 0.140. The quantitative estimate of drug-likeness (QED) is 0.759. The molecule has 88 valence electrons. The lowest BCUT2D eigenvalue weighted by molar-refractivity contribution is 0.0715. The van der Waals surface area contributed by atoms with E-state index in [9.17, 15) is 4.79 Å². The van der Waals surface area contributed by atoms with Crippen LogP contribution in [-0.4, -0.2) is 20.7 Å². The Morgan fingerprint density at radius 3 is 2.82 bits per heavy atom. The number of ether oxygens (including phenoxy) is 1. The van der Waals surface area contributed by atoms with Crippen LogP contribution in [0.1, 0.15) is 30.2 Å². The highest BCUT2D eigenvalue weighted by Crippen LogP contribution is 2.16. The summed E-state index contributed by atoms with van der Waals surface area (Å²) >= 11 is 0. The van der Waals surface area contributed by atoms with Gasteiger partial charge in [0, 0.05) is 18.5 Å². The maximum atomic E-state index is 11.8. The van der Waals surface area contributed by atoms with Crippen LogP contribution >= 0.6 is 0 Å². The van der Waals surface area contributed by atoms with Crippen LogP contribution in [0.5, 0.6) is 5.88 Å². The molecule has 17 heavy (non-hydrogen) atoms. The van der Waals surface area contributed by atoms with Crippen LogP contribution in [0, 0.1) is 0 Å². The zero-order valence-corrected chi connectivity index (χ0v) is 9.70. The third kappa shape index (κ3) is 2.50. The molecule has 0 aromatic carbocycles. The number of carbonyl (C=O) groups is 1. The molecule has 2 rings (SSSR count). The van der Waals surface area contributed by atoms with Crippen molar-refractivity contribution in [3.8, 4) is 5.88 Å². The van der Waals surface area contributed by atoms with E-state index < -0.39 is 5.97 Å². The average molecular weight is 231 g/mol. The van der Waals surface area contributed by atoms with E-state index in [1.807, 2.05) is 13.8 Å². The lowest BCUT2D eigenvalue weighted by atomic mass is 10.3. The molecular formula is C12H13N3O2. The van der Waals surface area contributed by atoms with Crippen molar-refractivity contribution >= 4 is 5.97 Å². The Morgan fingerprint density at radius 2 is 2.18 bits per heavy atom. The van der Waals surface area contributed by atoms with Gasteiger partial charge in [-0.25, -0.2) is 9.48 Å². The molecule has 0 aliphatic heterocycles. The van der Waals surface area contributed by atoms with Gasteiger partial charge in [0.05, 0.1) is 17.8 Å². The summed E-state index contributed by atoms with van der Waals surface area (Å²) in [6, 6.07) is 5.15. The molecule has 0 bridgehead atoms. The summed E-state index contributed by atoms with van der Waals surface area (Å²) in [5, 5.41) is 4.09. The highest BCUT2D eigenvalue weighted by molar-refractivity contribution is 5.90. The molecule has 5 heteroatoms. The monoisotopic (exact) mass is 231 g/mol. The zero-order chi connectivity index (χ0) is 12.3. The zero-order valence-electron chi connectivity index (χ0n) is 9.70. The van der Waals surface area contributed by atoms with Crippen LogP contribution in [0.3, 0.4) is 0 Å². The molecular weight excluding hydrogens is 218 g/mol. The lowest BCUT2D eigenvalue weighted by Gasteiger charge is -2.10. The van der Waals surface area contributed by atoms with Gasteiger partial charge >= 0.3 is 5.97 Å². The highest BCUT2D eigenvalue weighted by Gasteiger charge is 2.13. The second kappa shape index (κ2) is 4.78. The summed E-state index contributed by atoms with van der Waals surface area (Å²) in [5.74, 6) is 0.00866. The molecule has 0 saturated carbocycles. The predicted molar refractivity (Wildman–Crippen MR) is 61.8 cm³/mol. The molecule has 0 aliphatic carbocycles. The van der Waals surface area contributed by atoms with Crippen molar-refractivity contribution in [1.29, 1.82) is 0 Å². The summed E-state index contributed by atoms with van der Waals surface area (Å²) in [6.45, 7) is 3.93. The third-order valence-electron chi connectivity index (χ3n) is 2.22. The standard InChI is InChI=1S/C12H13N3O2/c1-9(2)15-11(5-7-14-15)17-12(16)10-4-3-6-13-8-10/h3-9H,1-2H3. The fourth-order valence-electron chi connectivity index (χ4n) is 1.41. The first kappa shape index (κ1) is 11.3.